The summed E-state index contributed by atoms with van der Waals surface area (Å²) in [4.78, 5) is 2.29. The van der Waals surface area contributed by atoms with Crippen molar-refractivity contribution in [2.75, 3.05) is 20.7 Å². The molecular weight excluding hydrogens is 198 g/mol. The van der Waals surface area contributed by atoms with Crippen LogP contribution >= 0.6 is 0 Å². The van der Waals surface area contributed by atoms with Crippen LogP contribution in [0.3, 0.4) is 0 Å². The normalized spacial score (nSPS) is 22.6. The van der Waals surface area contributed by atoms with Gasteiger partial charge in [-0.3, -0.25) is 0 Å². The van der Waals surface area contributed by atoms with Crippen LogP contribution in [-0.4, -0.2) is 37.7 Å². The molecule has 1 aliphatic heterocycles. The fourth-order valence-electron chi connectivity index (χ4n) is 2.41. The highest BCUT2D eigenvalue weighted by atomic mass is 16.5. The van der Waals surface area contributed by atoms with E-state index in [0.29, 0.717) is 12.1 Å². The predicted octanol–water partition coefficient (Wildman–Crippen LogP) is 2.34. The molecule has 0 aromatic heterocycles. The molecule has 2 atom stereocenters. The third-order valence-electron chi connectivity index (χ3n) is 3.35. The quantitative estimate of drug-likeness (QED) is 0.770. The maximum Gasteiger partial charge on any atom is 0.0734 e. The van der Waals surface area contributed by atoms with Gasteiger partial charge in [0.1, 0.15) is 0 Å². The molecular formula is C14H21NO. The van der Waals surface area contributed by atoms with Crippen molar-refractivity contribution in [1.82, 2.24) is 4.90 Å². The number of benzene rings is 1. The summed E-state index contributed by atoms with van der Waals surface area (Å²) in [6.45, 7) is 0.934. The van der Waals surface area contributed by atoms with Crippen LogP contribution in [0, 0.1) is 0 Å². The van der Waals surface area contributed by atoms with Gasteiger partial charge in [0.15, 0.2) is 0 Å². The molecule has 1 fully saturated rings. The van der Waals surface area contributed by atoms with Crippen LogP contribution in [-0.2, 0) is 11.2 Å². The van der Waals surface area contributed by atoms with Gasteiger partial charge in [0.25, 0.3) is 0 Å². The molecule has 0 saturated carbocycles. The molecule has 2 heteroatoms. The summed E-state index contributed by atoms with van der Waals surface area (Å²) in [5, 5.41) is 0. The summed E-state index contributed by atoms with van der Waals surface area (Å²) >= 11 is 0. The van der Waals surface area contributed by atoms with E-state index < -0.39 is 0 Å². The Hall–Kier alpha value is -0.860. The first-order chi connectivity index (χ1) is 7.77. The molecule has 0 unspecified atom stereocenters. The van der Waals surface area contributed by atoms with E-state index >= 15 is 0 Å². The van der Waals surface area contributed by atoms with E-state index in [-0.39, 0.29) is 0 Å². The summed E-state index contributed by atoms with van der Waals surface area (Å²) < 4.78 is 5.81. The second kappa shape index (κ2) is 5.46. The lowest BCUT2D eigenvalue weighted by atomic mass is 9.98. The van der Waals surface area contributed by atoms with Crippen LogP contribution in [0.15, 0.2) is 30.3 Å². The lowest BCUT2D eigenvalue weighted by Gasteiger charge is -2.29. The van der Waals surface area contributed by atoms with Gasteiger partial charge in [0, 0.05) is 12.6 Å². The van der Waals surface area contributed by atoms with Crippen LogP contribution in [0.25, 0.3) is 0 Å². The summed E-state index contributed by atoms with van der Waals surface area (Å²) in [7, 11) is 4.30. The van der Waals surface area contributed by atoms with Crippen molar-refractivity contribution in [1.29, 1.82) is 0 Å². The Kier molecular flexibility index (Phi) is 3.97. The van der Waals surface area contributed by atoms with Crippen LogP contribution in [0.1, 0.15) is 18.4 Å². The number of hydrogen-bond acceptors (Lipinski definition) is 2. The third-order valence-corrected chi connectivity index (χ3v) is 3.35. The van der Waals surface area contributed by atoms with Gasteiger partial charge in [-0.25, -0.2) is 0 Å². The van der Waals surface area contributed by atoms with Crippen molar-refractivity contribution >= 4 is 0 Å². The number of rotatable bonds is 4. The maximum atomic E-state index is 5.81. The minimum atomic E-state index is 0.412. The number of nitrogens with zero attached hydrogens (tertiary/aromatic N) is 1. The van der Waals surface area contributed by atoms with Crippen molar-refractivity contribution in [2.45, 2.75) is 31.4 Å². The maximum absolute atomic E-state index is 5.81. The van der Waals surface area contributed by atoms with E-state index in [1.54, 1.807) is 0 Å². The number of ether oxygens (including phenoxy) is 1. The second-order valence-electron chi connectivity index (χ2n) is 4.77. The lowest BCUT2D eigenvalue weighted by molar-refractivity contribution is 0.0430. The Labute approximate surface area is 98.2 Å². The summed E-state index contributed by atoms with van der Waals surface area (Å²) in [5.74, 6) is 0. The molecule has 0 spiro atoms. The fraction of sp³-hybridized carbons (Fsp3) is 0.571. The first kappa shape index (κ1) is 11.6. The highest BCUT2D eigenvalue weighted by Gasteiger charge is 2.27. The van der Waals surface area contributed by atoms with Gasteiger partial charge >= 0.3 is 0 Å². The highest BCUT2D eigenvalue weighted by molar-refractivity contribution is 5.16. The third kappa shape index (κ3) is 2.83. The zero-order chi connectivity index (χ0) is 11.4. The van der Waals surface area contributed by atoms with Gasteiger partial charge in [0.2, 0.25) is 0 Å². The molecule has 0 amide bonds. The Morgan fingerprint density at radius 1 is 1.31 bits per heavy atom. The zero-order valence-electron chi connectivity index (χ0n) is 10.2. The average Bonchev–Trinajstić information content (AvgIpc) is 2.80. The second-order valence-corrected chi connectivity index (χ2v) is 4.77. The monoisotopic (exact) mass is 219 g/mol. The smallest absolute Gasteiger partial charge is 0.0734 e. The molecule has 1 saturated heterocycles. The van der Waals surface area contributed by atoms with E-state index in [1.165, 1.54) is 18.4 Å². The minimum absolute atomic E-state index is 0.412. The predicted molar refractivity (Wildman–Crippen MR) is 66.6 cm³/mol. The number of hydrogen-bond donors (Lipinski definition) is 0. The van der Waals surface area contributed by atoms with Crippen molar-refractivity contribution in [3.8, 4) is 0 Å². The van der Waals surface area contributed by atoms with Gasteiger partial charge in [0.05, 0.1) is 6.10 Å². The summed E-state index contributed by atoms with van der Waals surface area (Å²) in [6.07, 6.45) is 3.91. The molecule has 2 nitrogen and oxygen atoms in total. The molecule has 1 aromatic rings. The average molecular weight is 219 g/mol. The van der Waals surface area contributed by atoms with Crippen molar-refractivity contribution in [3.05, 3.63) is 35.9 Å². The fourth-order valence-corrected chi connectivity index (χ4v) is 2.41. The summed E-state index contributed by atoms with van der Waals surface area (Å²) in [6, 6.07) is 11.2. The molecule has 1 aliphatic rings. The molecule has 2 rings (SSSR count). The highest BCUT2D eigenvalue weighted by Crippen LogP contribution is 2.21. The van der Waals surface area contributed by atoms with Crippen LogP contribution < -0.4 is 0 Å². The molecule has 0 bridgehead atoms. The standard InChI is InChI=1S/C14H21NO/c1-15(2)13(14-9-6-10-16-14)11-12-7-4-3-5-8-12/h3-5,7-8,13-14H,6,9-11H2,1-2H3/t13-,14-/m0/s1. The van der Waals surface area contributed by atoms with Gasteiger partial charge in [-0.2, -0.15) is 0 Å². The largest absolute Gasteiger partial charge is 0.377 e. The van der Waals surface area contributed by atoms with Crippen molar-refractivity contribution in [2.24, 2.45) is 0 Å². The van der Waals surface area contributed by atoms with Crippen LogP contribution in [0.2, 0.25) is 0 Å². The Balaban J connectivity index is 2.02. The summed E-state index contributed by atoms with van der Waals surface area (Å²) in [5.41, 5.74) is 1.40. The topological polar surface area (TPSA) is 12.5 Å². The van der Waals surface area contributed by atoms with E-state index in [1.807, 2.05) is 0 Å². The van der Waals surface area contributed by atoms with Crippen molar-refractivity contribution < 1.29 is 4.74 Å². The first-order valence-corrected chi connectivity index (χ1v) is 6.09. The zero-order valence-corrected chi connectivity index (χ0v) is 10.2. The molecule has 0 N–H and O–H groups in total. The lowest BCUT2D eigenvalue weighted by Crippen LogP contribution is -2.40. The van der Waals surface area contributed by atoms with E-state index in [0.717, 1.165) is 13.0 Å². The van der Waals surface area contributed by atoms with Crippen molar-refractivity contribution in [3.63, 3.8) is 0 Å². The van der Waals surface area contributed by atoms with Gasteiger partial charge < -0.3 is 9.64 Å². The molecule has 88 valence electrons. The van der Waals surface area contributed by atoms with Crippen LogP contribution in [0.4, 0.5) is 0 Å². The molecule has 1 heterocycles. The Morgan fingerprint density at radius 2 is 2.06 bits per heavy atom. The SMILES string of the molecule is CN(C)[C@@H](Cc1ccccc1)[C@@H]1CCCO1. The molecule has 0 radical (unpaired) electrons. The molecule has 0 aliphatic carbocycles. The van der Waals surface area contributed by atoms with Gasteiger partial charge in [-0.05, 0) is 38.9 Å². The first-order valence-electron chi connectivity index (χ1n) is 6.09. The Morgan fingerprint density at radius 3 is 2.62 bits per heavy atom. The van der Waals surface area contributed by atoms with Crippen LogP contribution in [0.5, 0.6) is 0 Å². The van der Waals surface area contributed by atoms with Gasteiger partial charge in [-0.15, -0.1) is 0 Å². The minimum Gasteiger partial charge on any atom is -0.377 e. The molecule has 16 heavy (non-hydrogen) atoms. The van der Waals surface area contributed by atoms with E-state index in [2.05, 4.69) is 49.3 Å². The molecule has 1 aromatic carbocycles. The van der Waals surface area contributed by atoms with E-state index in [9.17, 15) is 0 Å². The Bertz CT molecular complexity index is 304. The van der Waals surface area contributed by atoms with Gasteiger partial charge in [-0.1, -0.05) is 30.3 Å². The number of likely N-dealkylation sites (N-methyl/N-ethyl adjacent to an activating group) is 1. The van der Waals surface area contributed by atoms with E-state index in [4.69, 9.17) is 4.74 Å².